The van der Waals surface area contributed by atoms with Crippen molar-refractivity contribution in [3.05, 3.63) is 81.0 Å². The fourth-order valence-electron chi connectivity index (χ4n) is 2.79. The molecule has 0 amide bonds. The number of fused-ring (bicyclic) bond motifs is 1. The Bertz CT molecular complexity index is 1220. The lowest BCUT2D eigenvalue weighted by atomic mass is 10.2. The zero-order valence-corrected chi connectivity index (χ0v) is 14.9. The molecule has 2 aromatic heterocycles. The maximum atomic E-state index is 12.2. The predicted molar refractivity (Wildman–Crippen MR) is 101 cm³/mol. The molecular formula is C20H17N3O4. The highest BCUT2D eigenvalue weighted by Gasteiger charge is 2.16. The quantitative estimate of drug-likeness (QED) is 0.556. The third kappa shape index (κ3) is 3.03. The highest BCUT2D eigenvalue weighted by atomic mass is 16.5. The Morgan fingerprint density at radius 2 is 1.67 bits per heavy atom. The highest BCUT2D eigenvalue weighted by Crippen LogP contribution is 2.24. The molecule has 0 spiro atoms. The molecule has 0 unspecified atom stereocenters. The van der Waals surface area contributed by atoms with Gasteiger partial charge in [-0.05, 0) is 29.8 Å². The number of benzene rings is 2. The average Bonchev–Trinajstić information content (AvgIpc) is 3.16. The molecule has 0 N–H and O–H groups in total. The summed E-state index contributed by atoms with van der Waals surface area (Å²) in [6.07, 6.45) is 0. The van der Waals surface area contributed by atoms with Crippen molar-refractivity contribution in [2.45, 2.75) is 6.61 Å². The third-order valence-corrected chi connectivity index (χ3v) is 4.34. The van der Waals surface area contributed by atoms with Crippen molar-refractivity contribution in [2.75, 3.05) is 0 Å². The highest BCUT2D eigenvalue weighted by molar-refractivity contribution is 5.72. The van der Waals surface area contributed by atoms with Gasteiger partial charge in [-0.3, -0.25) is 13.9 Å². The van der Waals surface area contributed by atoms with Crippen molar-refractivity contribution in [1.29, 1.82) is 0 Å². The van der Waals surface area contributed by atoms with E-state index in [9.17, 15) is 9.59 Å². The maximum absolute atomic E-state index is 12.2. The largest absolute Gasteiger partial charge is 0.489 e. The zero-order valence-electron chi connectivity index (χ0n) is 14.9. The van der Waals surface area contributed by atoms with Gasteiger partial charge in [0.25, 0.3) is 5.56 Å². The summed E-state index contributed by atoms with van der Waals surface area (Å²) < 4.78 is 13.7. The van der Waals surface area contributed by atoms with E-state index in [0.717, 1.165) is 10.1 Å². The van der Waals surface area contributed by atoms with Crippen LogP contribution in [0.2, 0.25) is 0 Å². The lowest BCUT2D eigenvalue weighted by Gasteiger charge is -2.06. The average molecular weight is 363 g/mol. The molecule has 2 aromatic carbocycles. The molecule has 0 radical (unpaired) electrons. The molecule has 7 nitrogen and oxygen atoms in total. The van der Waals surface area contributed by atoms with E-state index in [-0.39, 0.29) is 17.1 Å². The van der Waals surface area contributed by atoms with Crippen molar-refractivity contribution in [3.8, 4) is 17.2 Å². The zero-order chi connectivity index (χ0) is 19.0. The second-order valence-electron chi connectivity index (χ2n) is 6.18. The Hall–Kier alpha value is -3.61. The van der Waals surface area contributed by atoms with E-state index >= 15 is 0 Å². The van der Waals surface area contributed by atoms with Crippen LogP contribution in [-0.2, 0) is 20.7 Å². The predicted octanol–water partition coefficient (Wildman–Crippen LogP) is 2.47. The van der Waals surface area contributed by atoms with Gasteiger partial charge in [0.05, 0.1) is 0 Å². The van der Waals surface area contributed by atoms with E-state index < -0.39 is 11.2 Å². The fourth-order valence-corrected chi connectivity index (χ4v) is 2.79. The molecule has 27 heavy (non-hydrogen) atoms. The van der Waals surface area contributed by atoms with Crippen LogP contribution in [0.3, 0.4) is 0 Å². The summed E-state index contributed by atoms with van der Waals surface area (Å²) >= 11 is 0. The Labute approximate surface area is 154 Å². The lowest BCUT2D eigenvalue weighted by Crippen LogP contribution is -2.36. The summed E-state index contributed by atoms with van der Waals surface area (Å²) in [5.41, 5.74) is 1.11. The number of aryl methyl sites for hydroxylation is 1. The topological polar surface area (TPSA) is 79.3 Å². The normalized spacial score (nSPS) is 11.0. The number of hydrogen-bond donors (Lipinski definition) is 0. The van der Waals surface area contributed by atoms with E-state index in [1.807, 2.05) is 42.5 Å². The molecule has 2 heterocycles. The summed E-state index contributed by atoms with van der Waals surface area (Å²) in [6.45, 7) is 0.473. The van der Waals surface area contributed by atoms with Crippen LogP contribution in [0.1, 0.15) is 5.56 Å². The molecular weight excluding hydrogens is 346 g/mol. The van der Waals surface area contributed by atoms with Crippen molar-refractivity contribution < 1.29 is 9.15 Å². The van der Waals surface area contributed by atoms with Crippen LogP contribution < -0.4 is 16.0 Å². The van der Waals surface area contributed by atoms with E-state index in [1.54, 1.807) is 19.2 Å². The summed E-state index contributed by atoms with van der Waals surface area (Å²) in [4.78, 5) is 28.5. The van der Waals surface area contributed by atoms with Gasteiger partial charge in [-0.1, -0.05) is 30.3 Å². The van der Waals surface area contributed by atoms with E-state index in [1.165, 1.54) is 11.6 Å². The Morgan fingerprint density at radius 3 is 2.37 bits per heavy atom. The number of oxazole rings is 1. The molecule has 4 rings (SSSR count). The second-order valence-corrected chi connectivity index (χ2v) is 6.18. The number of nitrogens with zero attached hydrogens (tertiary/aromatic N) is 3. The minimum Gasteiger partial charge on any atom is -0.489 e. The van der Waals surface area contributed by atoms with Crippen LogP contribution in [0.5, 0.6) is 5.75 Å². The molecule has 136 valence electrons. The SMILES string of the molecule is Cn1c(=O)c2nc(-c3ccc(OCc4ccccc4)cc3)oc2n(C)c1=O. The molecule has 0 aliphatic heterocycles. The van der Waals surface area contributed by atoms with Gasteiger partial charge >= 0.3 is 5.69 Å². The van der Waals surface area contributed by atoms with Crippen molar-refractivity contribution in [1.82, 2.24) is 14.1 Å². The third-order valence-electron chi connectivity index (χ3n) is 4.34. The number of ether oxygens (including phenoxy) is 1. The van der Waals surface area contributed by atoms with E-state index in [2.05, 4.69) is 4.98 Å². The van der Waals surface area contributed by atoms with Crippen LogP contribution in [0.25, 0.3) is 22.7 Å². The first kappa shape index (κ1) is 16.8. The summed E-state index contributed by atoms with van der Waals surface area (Å²) in [6, 6.07) is 17.1. The van der Waals surface area contributed by atoms with Gasteiger partial charge in [0.15, 0.2) is 5.52 Å². The van der Waals surface area contributed by atoms with Gasteiger partial charge in [0.2, 0.25) is 11.6 Å². The minimum absolute atomic E-state index is 0.124. The van der Waals surface area contributed by atoms with Gasteiger partial charge in [0, 0.05) is 19.7 Å². The van der Waals surface area contributed by atoms with Gasteiger partial charge in [0.1, 0.15) is 12.4 Å². The van der Waals surface area contributed by atoms with Crippen molar-refractivity contribution in [2.24, 2.45) is 14.1 Å². The van der Waals surface area contributed by atoms with Gasteiger partial charge in [-0.2, -0.15) is 0 Å². The van der Waals surface area contributed by atoms with Gasteiger partial charge < -0.3 is 9.15 Å². The van der Waals surface area contributed by atoms with Gasteiger partial charge in [-0.15, -0.1) is 0 Å². The summed E-state index contributed by atoms with van der Waals surface area (Å²) in [5, 5.41) is 0. The van der Waals surface area contributed by atoms with E-state index in [4.69, 9.17) is 9.15 Å². The monoisotopic (exact) mass is 363 g/mol. The standard InChI is InChI=1S/C20H17N3O4/c1-22-18(24)16-19(23(2)20(22)25)27-17(21-16)14-8-10-15(11-9-14)26-12-13-6-4-3-5-7-13/h3-11H,12H2,1-2H3. The molecule has 4 aromatic rings. The van der Waals surface area contributed by atoms with Crippen LogP contribution in [-0.4, -0.2) is 14.1 Å². The first-order valence-electron chi connectivity index (χ1n) is 8.38. The van der Waals surface area contributed by atoms with E-state index in [0.29, 0.717) is 17.9 Å². The number of hydrogen-bond acceptors (Lipinski definition) is 5. The number of rotatable bonds is 4. The summed E-state index contributed by atoms with van der Waals surface area (Å²) in [7, 11) is 2.96. The molecule has 0 atom stereocenters. The second kappa shape index (κ2) is 6.60. The summed E-state index contributed by atoms with van der Waals surface area (Å²) in [5.74, 6) is 0.986. The van der Waals surface area contributed by atoms with Crippen LogP contribution in [0.15, 0.2) is 68.6 Å². The molecule has 0 saturated carbocycles. The van der Waals surface area contributed by atoms with Gasteiger partial charge in [-0.25, -0.2) is 9.78 Å². The van der Waals surface area contributed by atoms with Crippen molar-refractivity contribution in [3.63, 3.8) is 0 Å². The Morgan fingerprint density at radius 1 is 0.963 bits per heavy atom. The minimum atomic E-state index is -0.481. The molecule has 0 aliphatic carbocycles. The maximum Gasteiger partial charge on any atom is 0.333 e. The van der Waals surface area contributed by atoms with Crippen LogP contribution in [0, 0.1) is 0 Å². The molecule has 7 heteroatoms. The Kier molecular flexibility index (Phi) is 4.12. The molecule has 0 fully saturated rings. The molecule has 0 aliphatic rings. The van der Waals surface area contributed by atoms with Crippen LogP contribution >= 0.6 is 0 Å². The molecule has 0 bridgehead atoms. The first-order valence-corrected chi connectivity index (χ1v) is 8.38. The Balaban J connectivity index is 1.62. The smallest absolute Gasteiger partial charge is 0.333 e. The first-order chi connectivity index (χ1) is 13.0. The molecule has 0 saturated heterocycles. The van der Waals surface area contributed by atoms with Crippen LogP contribution in [0.4, 0.5) is 0 Å². The fraction of sp³-hybridized carbons (Fsp3) is 0.150. The lowest BCUT2D eigenvalue weighted by molar-refractivity contribution is 0.306. The number of aromatic nitrogens is 3. The van der Waals surface area contributed by atoms with Crippen molar-refractivity contribution >= 4 is 11.2 Å².